The van der Waals surface area contributed by atoms with E-state index in [1.165, 1.54) is 51.4 Å². The van der Waals surface area contributed by atoms with Crippen molar-refractivity contribution in [3.63, 3.8) is 0 Å². The Morgan fingerprint density at radius 2 is 1.78 bits per heavy atom. The van der Waals surface area contributed by atoms with E-state index in [9.17, 15) is 5.11 Å². The van der Waals surface area contributed by atoms with Crippen LogP contribution in [0, 0.1) is 46.3 Å². The van der Waals surface area contributed by atoms with Crippen LogP contribution in [0.3, 0.4) is 0 Å². The number of hydrogen-bond donors (Lipinski definition) is 1. The molecule has 0 aromatic carbocycles. The molecule has 0 aliphatic heterocycles. The Morgan fingerprint density at radius 1 is 1.00 bits per heavy atom. The molecular weight excluding hydrogens is 328 g/mol. The minimum absolute atomic E-state index is 0.0758. The van der Waals surface area contributed by atoms with Crippen LogP contribution in [0.4, 0.5) is 0 Å². The lowest BCUT2D eigenvalue weighted by Crippen LogP contribution is -2.45. The molecule has 1 heteroatoms. The van der Waals surface area contributed by atoms with Crippen LogP contribution in [0.15, 0.2) is 11.6 Å². The Balaban J connectivity index is 1.49. The van der Waals surface area contributed by atoms with Crippen LogP contribution < -0.4 is 0 Å². The van der Waals surface area contributed by atoms with E-state index in [0.717, 1.165) is 48.3 Å². The van der Waals surface area contributed by atoms with Gasteiger partial charge in [-0.25, -0.2) is 0 Å². The molecule has 154 valence electrons. The quantitative estimate of drug-likeness (QED) is 0.515. The third-order valence-corrected chi connectivity index (χ3v) is 9.93. The highest BCUT2D eigenvalue weighted by atomic mass is 16.3. The number of fused-ring (bicyclic) bond motifs is 5. The van der Waals surface area contributed by atoms with Crippen molar-refractivity contribution in [2.75, 3.05) is 0 Å². The van der Waals surface area contributed by atoms with Crippen LogP contribution in [0.5, 0.6) is 0 Å². The first-order valence-corrected chi connectivity index (χ1v) is 12.1. The summed E-state index contributed by atoms with van der Waals surface area (Å²) in [5, 5.41) is 10.2. The lowest BCUT2D eigenvalue weighted by atomic mass is 9.53. The Bertz CT molecular complexity index is 577. The first-order valence-electron chi connectivity index (χ1n) is 12.1. The van der Waals surface area contributed by atoms with E-state index in [2.05, 4.69) is 40.7 Å². The van der Waals surface area contributed by atoms with Crippen LogP contribution in [-0.2, 0) is 0 Å². The molecule has 8 atom stereocenters. The maximum Gasteiger partial charge on any atom is 0.0577 e. The van der Waals surface area contributed by atoms with Gasteiger partial charge < -0.3 is 5.11 Å². The van der Waals surface area contributed by atoms with Gasteiger partial charge in [0.25, 0.3) is 0 Å². The topological polar surface area (TPSA) is 20.2 Å². The molecule has 4 rings (SSSR count). The van der Waals surface area contributed by atoms with Gasteiger partial charge in [0.15, 0.2) is 0 Å². The first-order chi connectivity index (χ1) is 12.8. The summed E-state index contributed by atoms with van der Waals surface area (Å²) in [4.78, 5) is 0. The number of aliphatic hydroxyl groups excluding tert-OH is 1. The van der Waals surface area contributed by atoms with Crippen LogP contribution in [0.25, 0.3) is 0 Å². The van der Waals surface area contributed by atoms with Crippen molar-refractivity contribution in [1.29, 1.82) is 0 Å². The van der Waals surface area contributed by atoms with Gasteiger partial charge in [-0.2, -0.15) is 0 Å². The van der Waals surface area contributed by atoms with Gasteiger partial charge in [-0.05, 0) is 91.3 Å². The van der Waals surface area contributed by atoms with E-state index in [0.29, 0.717) is 10.8 Å². The summed E-state index contributed by atoms with van der Waals surface area (Å²) in [7, 11) is 0. The van der Waals surface area contributed by atoms with Gasteiger partial charge in [-0.1, -0.05) is 65.5 Å². The molecule has 4 aliphatic rings. The summed E-state index contributed by atoms with van der Waals surface area (Å²) in [6, 6.07) is 0. The van der Waals surface area contributed by atoms with Crippen LogP contribution >= 0.6 is 0 Å². The smallest absolute Gasteiger partial charge is 0.0577 e. The zero-order valence-electron chi connectivity index (χ0n) is 18.6. The zero-order chi connectivity index (χ0) is 19.4. The molecule has 0 spiro atoms. The molecule has 0 radical (unpaired) electrons. The lowest BCUT2D eigenvalue weighted by Gasteiger charge is -2.52. The molecule has 4 aliphatic carbocycles. The summed E-state index contributed by atoms with van der Waals surface area (Å²) < 4.78 is 0. The molecule has 0 amide bonds. The Morgan fingerprint density at radius 3 is 2.52 bits per heavy atom. The Labute approximate surface area is 168 Å². The van der Waals surface area contributed by atoms with Crippen LogP contribution in [-0.4, -0.2) is 11.2 Å². The molecule has 0 saturated heterocycles. The zero-order valence-corrected chi connectivity index (χ0v) is 18.6. The maximum absolute atomic E-state index is 10.2. The van der Waals surface area contributed by atoms with Gasteiger partial charge in [0.05, 0.1) is 6.10 Å². The second kappa shape index (κ2) is 7.19. The van der Waals surface area contributed by atoms with E-state index < -0.39 is 0 Å². The Hall–Kier alpha value is -0.300. The fourth-order valence-corrected chi connectivity index (χ4v) is 8.33. The molecule has 0 aromatic heterocycles. The third-order valence-electron chi connectivity index (χ3n) is 9.93. The van der Waals surface area contributed by atoms with Crippen molar-refractivity contribution < 1.29 is 5.11 Å². The molecule has 3 fully saturated rings. The van der Waals surface area contributed by atoms with Crippen LogP contribution in [0.1, 0.15) is 98.8 Å². The van der Waals surface area contributed by atoms with Gasteiger partial charge in [0.2, 0.25) is 0 Å². The molecule has 3 saturated carbocycles. The fourth-order valence-electron chi connectivity index (χ4n) is 8.33. The molecule has 1 unspecified atom stereocenters. The predicted octanol–water partition coefficient (Wildman–Crippen LogP) is 7.00. The highest BCUT2D eigenvalue weighted by molar-refractivity contribution is 5.30. The second-order valence-corrected chi connectivity index (χ2v) is 11.8. The number of aliphatic hydroxyl groups is 1. The number of hydrogen-bond acceptors (Lipinski definition) is 1. The van der Waals surface area contributed by atoms with Crippen molar-refractivity contribution in [2.24, 2.45) is 46.3 Å². The minimum Gasteiger partial charge on any atom is -0.393 e. The van der Waals surface area contributed by atoms with Crippen molar-refractivity contribution in [3.05, 3.63) is 11.6 Å². The van der Waals surface area contributed by atoms with E-state index >= 15 is 0 Å². The average Bonchev–Trinajstić information content (AvgIpc) is 3.09. The first kappa shape index (κ1) is 20.0. The summed E-state index contributed by atoms with van der Waals surface area (Å²) in [6.45, 7) is 12.5. The molecule has 1 N–H and O–H groups in total. The van der Waals surface area contributed by atoms with E-state index in [1.807, 2.05) is 0 Å². The standard InChI is InChI=1S/C26H44O/c1-17(2)7-6-8-18(3)22-9-10-23-21-16-19-15-20(27)11-13-25(19,4)24(21)12-14-26(22,23)5/h16-18,20-24,27H,6-15H2,1-5H3/t18-,20+,21+,22?,23+,24+,25+,26-/m1/s1. The SMILES string of the molecule is CC(C)CCC[C@@H](C)C1CC[C@H]2[C@@H]3C=C4C[C@@H](O)CC[C@]4(C)[C@H]3CC[C@]12C. The third kappa shape index (κ3) is 3.24. The monoisotopic (exact) mass is 372 g/mol. The molecule has 0 heterocycles. The summed E-state index contributed by atoms with van der Waals surface area (Å²) in [5.41, 5.74) is 2.61. The summed E-state index contributed by atoms with van der Waals surface area (Å²) >= 11 is 0. The van der Waals surface area contributed by atoms with Gasteiger partial charge in [-0.15, -0.1) is 0 Å². The van der Waals surface area contributed by atoms with E-state index in [1.54, 1.807) is 5.57 Å². The van der Waals surface area contributed by atoms with Gasteiger partial charge in [-0.3, -0.25) is 0 Å². The largest absolute Gasteiger partial charge is 0.393 e. The molecule has 1 nitrogen and oxygen atoms in total. The van der Waals surface area contributed by atoms with Gasteiger partial charge in [0.1, 0.15) is 0 Å². The van der Waals surface area contributed by atoms with Crippen molar-refractivity contribution in [2.45, 2.75) is 105 Å². The maximum atomic E-state index is 10.2. The van der Waals surface area contributed by atoms with E-state index in [-0.39, 0.29) is 6.10 Å². The fraction of sp³-hybridized carbons (Fsp3) is 0.923. The molecular formula is C26H44O. The summed E-state index contributed by atoms with van der Waals surface area (Å²) in [6.07, 6.45) is 15.9. The number of rotatable bonds is 5. The lowest BCUT2D eigenvalue weighted by molar-refractivity contribution is -0.0191. The predicted molar refractivity (Wildman–Crippen MR) is 114 cm³/mol. The highest BCUT2D eigenvalue weighted by Crippen LogP contribution is 2.68. The molecule has 0 aromatic rings. The van der Waals surface area contributed by atoms with Crippen molar-refractivity contribution in [3.8, 4) is 0 Å². The number of allylic oxidation sites excluding steroid dienone is 1. The van der Waals surface area contributed by atoms with Crippen molar-refractivity contribution in [1.82, 2.24) is 0 Å². The highest BCUT2D eigenvalue weighted by Gasteiger charge is 2.60. The summed E-state index contributed by atoms with van der Waals surface area (Å²) in [5.74, 6) is 5.26. The van der Waals surface area contributed by atoms with E-state index in [4.69, 9.17) is 0 Å². The second-order valence-electron chi connectivity index (χ2n) is 11.8. The van der Waals surface area contributed by atoms with Crippen molar-refractivity contribution >= 4 is 0 Å². The minimum atomic E-state index is -0.0758. The van der Waals surface area contributed by atoms with Crippen LogP contribution in [0.2, 0.25) is 0 Å². The Kier molecular flexibility index (Phi) is 5.32. The molecule has 27 heavy (non-hydrogen) atoms. The van der Waals surface area contributed by atoms with Gasteiger partial charge >= 0.3 is 0 Å². The van der Waals surface area contributed by atoms with Gasteiger partial charge in [0, 0.05) is 0 Å². The normalized spacial score (nSPS) is 47.4. The average molecular weight is 373 g/mol. The molecule has 0 bridgehead atoms.